The molecule has 0 atom stereocenters. The molecule has 0 unspecified atom stereocenters. The fourth-order valence-corrected chi connectivity index (χ4v) is 5.73. The first kappa shape index (κ1) is 19.2. The van der Waals surface area contributed by atoms with E-state index < -0.39 is 9.84 Å². The van der Waals surface area contributed by atoms with Gasteiger partial charge in [-0.25, -0.2) is 13.2 Å². The van der Waals surface area contributed by atoms with Crippen molar-refractivity contribution >= 4 is 21.6 Å². The van der Waals surface area contributed by atoms with Crippen molar-refractivity contribution in [1.82, 2.24) is 9.80 Å². The van der Waals surface area contributed by atoms with E-state index in [4.69, 9.17) is 0 Å². The number of carbonyl (C=O) groups is 1. The van der Waals surface area contributed by atoms with Crippen LogP contribution in [0.3, 0.4) is 0 Å². The molecular formula is C19H29N3O3S. The summed E-state index contributed by atoms with van der Waals surface area (Å²) in [5.41, 5.74) is 0.547. The molecule has 2 amide bonds. The number of benzene rings is 1. The van der Waals surface area contributed by atoms with Crippen LogP contribution in [0, 0.1) is 0 Å². The van der Waals surface area contributed by atoms with Gasteiger partial charge in [-0.3, -0.25) is 0 Å². The van der Waals surface area contributed by atoms with Crippen LogP contribution < -0.4 is 5.32 Å². The maximum atomic E-state index is 12.8. The lowest BCUT2D eigenvalue weighted by atomic mass is 10.3. The smallest absolute Gasteiger partial charge is 0.321 e. The fraction of sp³-hybridized carbons (Fsp3) is 0.632. The third-order valence-electron chi connectivity index (χ3n) is 5.48. The highest BCUT2D eigenvalue weighted by molar-refractivity contribution is 7.92. The van der Waals surface area contributed by atoms with E-state index in [0.29, 0.717) is 17.1 Å². The summed E-state index contributed by atoms with van der Waals surface area (Å²) >= 11 is 0. The number of urea groups is 1. The summed E-state index contributed by atoms with van der Waals surface area (Å²) in [6.45, 7) is 6.43. The van der Waals surface area contributed by atoms with Crippen LogP contribution in [-0.2, 0) is 9.84 Å². The molecule has 6 nitrogen and oxygen atoms in total. The van der Waals surface area contributed by atoms with Crippen molar-refractivity contribution in [2.45, 2.75) is 49.2 Å². The summed E-state index contributed by atoms with van der Waals surface area (Å²) in [5.74, 6) is 0. The summed E-state index contributed by atoms with van der Waals surface area (Å²) in [5, 5.41) is 2.60. The molecule has 0 spiro atoms. The van der Waals surface area contributed by atoms with Crippen molar-refractivity contribution in [3.8, 4) is 0 Å². The molecule has 0 bridgehead atoms. The van der Waals surface area contributed by atoms with Crippen molar-refractivity contribution < 1.29 is 13.2 Å². The number of nitrogens with one attached hydrogen (secondary N) is 1. The van der Waals surface area contributed by atoms with Gasteiger partial charge in [0.1, 0.15) is 0 Å². The van der Waals surface area contributed by atoms with Crippen LogP contribution >= 0.6 is 0 Å². The molecule has 1 aromatic rings. The number of rotatable bonds is 4. The first-order valence-electron chi connectivity index (χ1n) is 9.63. The average Bonchev–Trinajstić information content (AvgIpc) is 3.08. The van der Waals surface area contributed by atoms with Gasteiger partial charge in [-0.1, -0.05) is 25.8 Å². The van der Waals surface area contributed by atoms with Gasteiger partial charge in [-0.2, -0.15) is 0 Å². The van der Waals surface area contributed by atoms with Crippen LogP contribution in [-0.4, -0.2) is 62.2 Å². The highest BCUT2D eigenvalue weighted by Gasteiger charge is 2.30. The van der Waals surface area contributed by atoms with Gasteiger partial charge in [0.25, 0.3) is 0 Å². The summed E-state index contributed by atoms with van der Waals surface area (Å²) in [6, 6.07) is 6.54. The molecule has 0 radical (unpaired) electrons. The average molecular weight is 380 g/mol. The normalized spacial score (nSPS) is 20.1. The Morgan fingerprint density at radius 1 is 1.12 bits per heavy atom. The second kappa shape index (κ2) is 8.39. The van der Waals surface area contributed by atoms with Gasteiger partial charge >= 0.3 is 6.03 Å². The zero-order valence-electron chi connectivity index (χ0n) is 15.5. The number of hydrogen-bond donors (Lipinski definition) is 1. The first-order valence-corrected chi connectivity index (χ1v) is 11.2. The van der Waals surface area contributed by atoms with Crippen molar-refractivity contribution in [2.24, 2.45) is 0 Å². The van der Waals surface area contributed by atoms with E-state index in [9.17, 15) is 13.2 Å². The van der Waals surface area contributed by atoms with Crippen LogP contribution in [0.15, 0.2) is 29.2 Å². The van der Waals surface area contributed by atoms with Gasteiger partial charge < -0.3 is 15.1 Å². The molecule has 1 aliphatic carbocycles. The van der Waals surface area contributed by atoms with Crippen molar-refractivity contribution in [2.75, 3.05) is 38.0 Å². The minimum absolute atomic E-state index is 0.154. The van der Waals surface area contributed by atoms with Gasteiger partial charge in [0.2, 0.25) is 0 Å². The predicted octanol–water partition coefficient (Wildman–Crippen LogP) is 2.96. The molecule has 3 rings (SSSR count). The molecule has 1 aliphatic heterocycles. The molecule has 1 saturated heterocycles. The Balaban J connectivity index is 1.67. The van der Waals surface area contributed by atoms with E-state index in [1.54, 1.807) is 24.3 Å². The molecule has 2 fully saturated rings. The van der Waals surface area contributed by atoms with Crippen LogP contribution in [0.25, 0.3) is 0 Å². The van der Waals surface area contributed by atoms with Crippen molar-refractivity contribution in [3.05, 3.63) is 24.3 Å². The van der Waals surface area contributed by atoms with E-state index in [1.165, 1.54) is 0 Å². The summed E-state index contributed by atoms with van der Waals surface area (Å²) < 4.78 is 25.5. The van der Waals surface area contributed by atoms with Gasteiger partial charge in [0.15, 0.2) is 9.84 Å². The Kier molecular flexibility index (Phi) is 6.19. The van der Waals surface area contributed by atoms with E-state index >= 15 is 0 Å². The lowest BCUT2D eigenvalue weighted by molar-refractivity contribution is 0.212. The number of amides is 2. The zero-order chi connectivity index (χ0) is 18.6. The highest BCUT2D eigenvalue weighted by Crippen LogP contribution is 2.30. The SMILES string of the molecule is CCN1CCCN(C(=O)Nc2cccc(S(=O)(=O)C3CCCC3)c2)CC1. The molecule has 144 valence electrons. The van der Waals surface area contributed by atoms with Crippen LogP contribution in [0.2, 0.25) is 0 Å². The number of hydrogen-bond acceptors (Lipinski definition) is 4. The summed E-state index contributed by atoms with van der Waals surface area (Å²) in [7, 11) is -3.31. The molecule has 1 saturated carbocycles. The predicted molar refractivity (Wildman–Crippen MR) is 103 cm³/mol. The summed E-state index contributed by atoms with van der Waals surface area (Å²) in [4.78, 5) is 17.0. The second-order valence-corrected chi connectivity index (χ2v) is 9.41. The molecule has 1 aromatic carbocycles. The Hall–Kier alpha value is -1.60. The van der Waals surface area contributed by atoms with Crippen molar-refractivity contribution in [1.29, 1.82) is 0 Å². The van der Waals surface area contributed by atoms with E-state index in [2.05, 4.69) is 17.1 Å². The van der Waals surface area contributed by atoms with Gasteiger partial charge in [-0.15, -0.1) is 0 Å². The molecule has 1 heterocycles. The largest absolute Gasteiger partial charge is 0.323 e. The molecular weight excluding hydrogens is 350 g/mol. The Morgan fingerprint density at radius 2 is 1.88 bits per heavy atom. The maximum absolute atomic E-state index is 12.8. The van der Waals surface area contributed by atoms with Crippen molar-refractivity contribution in [3.63, 3.8) is 0 Å². The molecule has 7 heteroatoms. The number of carbonyl (C=O) groups excluding carboxylic acids is 1. The Morgan fingerprint density at radius 3 is 2.62 bits per heavy atom. The van der Waals surface area contributed by atoms with Crippen LogP contribution in [0.5, 0.6) is 0 Å². The first-order chi connectivity index (χ1) is 12.5. The maximum Gasteiger partial charge on any atom is 0.321 e. The van der Waals surface area contributed by atoms with Crippen LogP contribution in [0.1, 0.15) is 39.0 Å². The monoisotopic (exact) mass is 379 g/mol. The minimum atomic E-state index is -3.31. The van der Waals surface area contributed by atoms with E-state index in [1.807, 2.05) is 4.90 Å². The second-order valence-electron chi connectivity index (χ2n) is 7.18. The molecule has 1 N–H and O–H groups in total. The lowest BCUT2D eigenvalue weighted by Gasteiger charge is -2.22. The van der Waals surface area contributed by atoms with E-state index in [-0.39, 0.29) is 11.3 Å². The standard InChI is InChI=1S/C19H29N3O3S/c1-2-21-11-6-12-22(14-13-21)19(23)20-16-7-5-10-18(15-16)26(24,25)17-8-3-4-9-17/h5,7,10,15,17H,2-4,6,8-9,11-14H2,1H3,(H,20,23). The van der Waals surface area contributed by atoms with Gasteiger partial charge in [0, 0.05) is 25.3 Å². The highest BCUT2D eigenvalue weighted by atomic mass is 32.2. The quantitative estimate of drug-likeness (QED) is 0.873. The Labute approximate surface area is 156 Å². The Bertz CT molecular complexity index is 729. The molecule has 2 aliphatic rings. The number of nitrogens with zero attached hydrogens (tertiary/aromatic N) is 2. The molecule has 0 aromatic heterocycles. The number of sulfone groups is 1. The number of anilines is 1. The summed E-state index contributed by atoms with van der Waals surface area (Å²) in [6.07, 6.45) is 4.38. The van der Waals surface area contributed by atoms with Crippen LogP contribution in [0.4, 0.5) is 10.5 Å². The topological polar surface area (TPSA) is 69.7 Å². The third-order valence-corrected chi connectivity index (χ3v) is 7.74. The van der Waals surface area contributed by atoms with Gasteiger partial charge in [0.05, 0.1) is 10.1 Å². The molecule has 26 heavy (non-hydrogen) atoms. The number of likely N-dealkylation sites (N-methyl/N-ethyl adjacent to an activating group) is 1. The lowest BCUT2D eigenvalue weighted by Crippen LogP contribution is -2.38. The minimum Gasteiger partial charge on any atom is -0.323 e. The fourth-order valence-electron chi connectivity index (χ4n) is 3.83. The third kappa shape index (κ3) is 4.38. The van der Waals surface area contributed by atoms with E-state index in [0.717, 1.165) is 58.3 Å². The van der Waals surface area contributed by atoms with Gasteiger partial charge in [-0.05, 0) is 50.6 Å². The zero-order valence-corrected chi connectivity index (χ0v) is 16.3.